The molecule has 74 valence electrons. The van der Waals surface area contributed by atoms with Crippen LogP contribution in [0, 0.1) is 22.7 Å². The number of hydrogen-bond donors (Lipinski definition) is 0. The standard InChI is InChI=1S/C11H17ClO/c1-7-4-5-8-6-11(7,9(12)13)10(8,2)3/h7-8H,4-6H2,1-3H3. The van der Waals surface area contributed by atoms with Crippen LogP contribution in [0.2, 0.25) is 0 Å². The van der Waals surface area contributed by atoms with Crippen molar-refractivity contribution in [3.63, 3.8) is 0 Å². The third kappa shape index (κ3) is 0.869. The molecule has 3 rings (SSSR count). The van der Waals surface area contributed by atoms with E-state index in [0.717, 1.165) is 12.3 Å². The molecule has 0 aromatic heterocycles. The average molecular weight is 201 g/mol. The Hall–Kier alpha value is -0.0400. The molecule has 0 aromatic rings. The van der Waals surface area contributed by atoms with Crippen molar-refractivity contribution in [1.82, 2.24) is 0 Å². The maximum Gasteiger partial charge on any atom is 0.228 e. The van der Waals surface area contributed by atoms with Crippen LogP contribution in [0.25, 0.3) is 0 Å². The van der Waals surface area contributed by atoms with Gasteiger partial charge in [0, 0.05) is 0 Å². The zero-order valence-corrected chi connectivity index (χ0v) is 9.32. The maximum atomic E-state index is 11.5. The first-order valence-electron chi connectivity index (χ1n) is 5.13. The largest absolute Gasteiger partial charge is 0.281 e. The van der Waals surface area contributed by atoms with E-state index in [4.69, 9.17) is 11.6 Å². The molecular formula is C11H17ClO. The fourth-order valence-electron chi connectivity index (χ4n) is 3.66. The van der Waals surface area contributed by atoms with E-state index < -0.39 is 0 Å². The van der Waals surface area contributed by atoms with E-state index in [2.05, 4.69) is 20.8 Å². The second-order valence-corrected chi connectivity index (χ2v) is 5.69. The Morgan fingerprint density at radius 1 is 1.38 bits per heavy atom. The summed E-state index contributed by atoms with van der Waals surface area (Å²) in [5, 5.41) is -0.0963. The summed E-state index contributed by atoms with van der Waals surface area (Å²) in [6.07, 6.45) is 3.48. The molecule has 0 radical (unpaired) electrons. The van der Waals surface area contributed by atoms with Gasteiger partial charge in [0.2, 0.25) is 5.24 Å². The number of carbonyl (C=O) groups is 1. The van der Waals surface area contributed by atoms with Gasteiger partial charge in [-0.2, -0.15) is 0 Å². The Morgan fingerprint density at radius 2 is 2.00 bits per heavy atom. The molecule has 0 heterocycles. The topological polar surface area (TPSA) is 17.1 Å². The van der Waals surface area contributed by atoms with Gasteiger partial charge in [0.15, 0.2) is 0 Å². The summed E-state index contributed by atoms with van der Waals surface area (Å²) in [5.74, 6) is 1.20. The van der Waals surface area contributed by atoms with E-state index in [-0.39, 0.29) is 16.1 Å². The molecule has 2 heteroatoms. The van der Waals surface area contributed by atoms with Crippen LogP contribution in [-0.4, -0.2) is 5.24 Å². The van der Waals surface area contributed by atoms with Crippen molar-refractivity contribution in [2.24, 2.45) is 22.7 Å². The zero-order chi connectivity index (χ0) is 9.85. The predicted molar refractivity (Wildman–Crippen MR) is 53.6 cm³/mol. The molecule has 3 aliphatic rings. The Balaban J connectivity index is 2.39. The van der Waals surface area contributed by atoms with Crippen molar-refractivity contribution in [1.29, 1.82) is 0 Å². The first-order valence-corrected chi connectivity index (χ1v) is 5.50. The van der Waals surface area contributed by atoms with Gasteiger partial charge in [-0.3, -0.25) is 4.79 Å². The van der Waals surface area contributed by atoms with Gasteiger partial charge in [-0.15, -0.1) is 0 Å². The minimum Gasteiger partial charge on any atom is -0.281 e. The van der Waals surface area contributed by atoms with E-state index in [1.165, 1.54) is 12.8 Å². The molecule has 2 bridgehead atoms. The first kappa shape index (κ1) is 9.51. The number of fused-ring (bicyclic) bond motifs is 2. The maximum absolute atomic E-state index is 11.5. The Bertz CT molecular complexity index is 259. The molecule has 0 spiro atoms. The van der Waals surface area contributed by atoms with Gasteiger partial charge < -0.3 is 0 Å². The SMILES string of the molecule is CC1CCC2CC1(C(=O)Cl)C2(C)C. The van der Waals surface area contributed by atoms with Crippen molar-refractivity contribution in [3.05, 3.63) is 0 Å². The number of carbonyl (C=O) groups excluding carboxylic acids is 1. The summed E-state index contributed by atoms with van der Waals surface area (Å²) in [7, 11) is 0. The highest BCUT2D eigenvalue weighted by Crippen LogP contribution is 2.70. The number of rotatable bonds is 1. The Morgan fingerprint density at radius 3 is 2.31 bits per heavy atom. The van der Waals surface area contributed by atoms with Gasteiger partial charge in [0.05, 0.1) is 5.41 Å². The molecule has 0 N–H and O–H groups in total. The lowest BCUT2D eigenvalue weighted by atomic mass is 9.37. The average Bonchev–Trinajstić information content (AvgIpc) is 2.02. The highest BCUT2D eigenvalue weighted by molar-refractivity contribution is 6.65. The van der Waals surface area contributed by atoms with E-state index >= 15 is 0 Å². The minimum atomic E-state index is -0.197. The van der Waals surface area contributed by atoms with Crippen LogP contribution < -0.4 is 0 Å². The molecule has 3 unspecified atom stereocenters. The quantitative estimate of drug-likeness (QED) is 0.594. The van der Waals surface area contributed by atoms with Gasteiger partial charge in [0.1, 0.15) is 0 Å². The second-order valence-electron chi connectivity index (χ2n) is 5.35. The van der Waals surface area contributed by atoms with Crippen LogP contribution in [0.4, 0.5) is 0 Å². The van der Waals surface area contributed by atoms with Gasteiger partial charge in [0.25, 0.3) is 0 Å². The molecule has 13 heavy (non-hydrogen) atoms. The molecule has 0 aliphatic heterocycles. The highest BCUT2D eigenvalue weighted by Gasteiger charge is 2.67. The predicted octanol–water partition coefficient (Wildman–Crippen LogP) is 3.21. The monoisotopic (exact) mass is 200 g/mol. The molecule has 0 aromatic carbocycles. The van der Waals surface area contributed by atoms with E-state index in [0.29, 0.717) is 5.92 Å². The van der Waals surface area contributed by atoms with Crippen molar-refractivity contribution in [2.75, 3.05) is 0 Å². The summed E-state index contributed by atoms with van der Waals surface area (Å²) < 4.78 is 0. The van der Waals surface area contributed by atoms with E-state index in [1.54, 1.807) is 0 Å². The highest BCUT2D eigenvalue weighted by atomic mass is 35.5. The normalized spacial score (nSPS) is 46.8. The molecule has 3 fully saturated rings. The smallest absolute Gasteiger partial charge is 0.228 e. The summed E-state index contributed by atoms with van der Waals surface area (Å²) in [6, 6.07) is 0. The van der Waals surface area contributed by atoms with Crippen LogP contribution in [-0.2, 0) is 4.79 Å². The third-order valence-corrected chi connectivity index (χ3v) is 5.22. The van der Waals surface area contributed by atoms with Crippen LogP contribution in [0.15, 0.2) is 0 Å². The summed E-state index contributed by atoms with van der Waals surface area (Å²) in [5.41, 5.74) is -0.0546. The van der Waals surface area contributed by atoms with Gasteiger partial charge >= 0.3 is 0 Å². The zero-order valence-electron chi connectivity index (χ0n) is 8.56. The molecule has 3 aliphatic carbocycles. The lowest BCUT2D eigenvalue weighted by molar-refractivity contribution is -0.191. The third-order valence-electron chi connectivity index (χ3n) is 4.88. The second kappa shape index (κ2) is 2.50. The summed E-state index contributed by atoms with van der Waals surface area (Å²) >= 11 is 5.78. The lowest BCUT2D eigenvalue weighted by Gasteiger charge is -2.66. The van der Waals surface area contributed by atoms with Crippen LogP contribution in [0.1, 0.15) is 40.0 Å². The van der Waals surface area contributed by atoms with E-state index in [9.17, 15) is 4.79 Å². The fourth-order valence-corrected chi connectivity index (χ4v) is 4.17. The Kier molecular flexibility index (Phi) is 1.83. The van der Waals surface area contributed by atoms with Crippen molar-refractivity contribution >= 4 is 16.8 Å². The minimum absolute atomic E-state index is 0.0963. The van der Waals surface area contributed by atoms with Crippen LogP contribution in [0.3, 0.4) is 0 Å². The molecule has 3 saturated carbocycles. The van der Waals surface area contributed by atoms with E-state index in [1.807, 2.05) is 0 Å². The van der Waals surface area contributed by atoms with Crippen LogP contribution >= 0.6 is 11.6 Å². The number of hydrogen-bond acceptors (Lipinski definition) is 1. The number of halogens is 1. The molecular weight excluding hydrogens is 184 g/mol. The van der Waals surface area contributed by atoms with Gasteiger partial charge in [-0.1, -0.05) is 20.8 Å². The summed E-state index contributed by atoms with van der Waals surface area (Å²) in [6.45, 7) is 6.59. The van der Waals surface area contributed by atoms with Crippen molar-refractivity contribution in [2.45, 2.75) is 40.0 Å². The molecule has 1 nitrogen and oxygen atoms in total. The van der Waals surface area contributed by atoms with Crippen molar-refractivity contribution in [3.8, 4) is 0 Å². The van der Waals surface area contributed by atoms with Crippen molar-refractivity contribution < 1.29 is 4.79 Å². The Labute approximate surface area is 84.8 Å². The van der Waals surface area contributed by atoms with Gasteiger partial charge in [-0.25, -0.2) is 0 Å². The molecule has 0 saturated heterocycles. The van der Waals surface area contributed by atoms with Crippen LogP contribution in [0.5, 0.6) is 0 Å². The van der Waals surface area contributed by atoms with Gasteiger partial charge in [-0.05, 0) is 48.1 Å². The first-order chi connectivity index (χ1) is 5.93. The lowest BCUT2D eigenvalue weighted by Crippen LogP contribution is -2.64. The molecule has 0 amide bonds. The fraction of sp³-hybridized carbons (Fsp3) is 0.909. The molecule has 3 atom stereocenters. The summed E-state index contributed by atoms with van der Waals surface area (Å²) in [4.78, 5) is 11.5.